The smallest absolute Gasteiger partial charge is 0.349 e. The number of aliphatic carboxylic acids is 1. The molecule has 2 saturated heterocycles. The molecule has 3 aliphatic rings. The molecule has 1 aliphatic carbocycles. The first-order valence-electron chi connectivity index (χ1n) is 7.14. The molecule has 3 fully saturated rings. The number of carboxylic acid groups (broad SMARTS) is 1. The number of rotatable bonds is 3. The highest BCUT2D eigenvalue weighted by Crippen LogP contribution is 2.40. The maximum Gasteiger partial charge on any atom is 0.349 e. The first-order chi connectivity index (χ1) is 9.63. The van der Waals surface area contributed by atoms with E-state index in [0.29, 0.717) is 6.73 Å². The number of nitrogens with one attached hydrogen (secondary N) is 2. The van der Waals surface area contributed by atoms with Crippen LogP contribution in [0.25, 0.3) is 0 Å². The molecule has 0 aromatic carbocycles. The third-order valence-electron chi connectivity index (χ3n) is 4.64. The molecule has 3 N–H and O–H groups in total. The van der Waals surface area contributed by atoms with Crippen LogP contribution in [0.5, 0.6) is 0 Å². The van der Waals surface area contributed by atoms with Crippen LogP contribution in [0.3, 0.4) is 0 Å². The van der Waals surface area contributed by atoms with E-state index in [2.05, 4.69) is 10.6 Å². The Balaban J connectivity index is 1.77. The number of hydrogen-bond acceptors (Lipinski definition) is 6. The molecular weight excluding hydrogens is 264 g/mol. The average molecular weight is 284 g/mol. The highest BCUT2D eigenvalue weighted by molar-refractivity contribution is 5.85. The molecule has 20 heavy (non-hydrogen) atoms. The van der Waals surface area contributed by atoms with Gasteiger partial charge in [-0.25, -0.2) is 4.79 Å². The summed E-state index contributed by atoms with van der Waals surface area (Å²) in [5, 5.41) is 15.7. The van der Waals surface area contributed by atoms with Gasteiger partial charge in [-0.15, -0.1) is 0 Å². The maximum absolute atomic E-state index is 12.1. The van der Waals surface area contributed by atoms with E-state index in [1.807, 2.05) is 0 Å². The zero-order valence-electron chi connectivity index (χ0n) is 11.3. The third kappa shape index (κ3) is 2.19. The molecule has 3 rings (SSSR count). The second-order valence-electron chi connectivity index (χ2n) is 5.77. The predicted molar refractivity (Wildman–Crippen MR) is 68.0 cm³/mol. The molecule has 0 radical (unpaired) electrons. The largest absolute Gasteiger partial charge is 0.478 e. The van der Waals surface area contributed by atoms with Crippen molar-refractivity contribution >= 4 is 11.9 Å². The van der Waals surface area contributed by atoms with E-state index in [1.165, 1.54) is 0 Å². The normalized spacial score (nSPS) is 40.3. The van der Waals surface area contributed by atoms with Crippen LogP contribution in [0.4, 0.5) is 0 Å². The number of esters is 1. The molecule has 0 bridgehead atoms. The number of carboxylic acids is 1. The van der Waals surface area contributed by atoms with Gasteiger partial charge in [0.05, 0.1) is 13.3 Å². The van der Waals surface area contributed by atoms with Crippen molar-refractivity contribution in [2.75, 3.05) is 19.9 Å². The summed E-state index contributed by atoms with van der Waals surface area (Å²) in [6, 6.07) is -0.422. The van der Waals surface area contributed by atoms with E-state index in [4.69, 9.17) is 9.47 Å². The van der Waals surface area contributed by atoms with Crippen molar-refractivity contribution in [2.45, 2.75) is 43.4 Å². The van der Waals surface area contributed by atoms with Crippen molar-refractivity contribution < 1.29 is 24.2 Å². The van der Waals surface area contributed by atoms with Gasteiger partial charge >= 0.3 is 11.9 Å². The van der Waals surface area contributed by atoms with Gasteiger partial charge in [0.1, 0.15) is 6.04 Å². The minimum Gasteiger partial charge on any atom is -0.478 e. The number of ether oxygens (including phenoxy) is 2. The van der Waals surface area contributed by atoms with Crippen molar-refractivity contribution in [3.8, 4) is 0 Å². The Hall–Kier alpha value is -1.18. The summed E-state index contributed by atoms with van der Waals surface area (Å²) in [4.78, 5) is 23.9. The summed E-state index contributed by atoms with van der Waals surface area (Å²) in [7, 11) is 0. The molecule has 0 aromatic heterocycles. The predicted octanol–water partition coefficient (Wildman–Crippen LogP) is -0.539. The van der Waals surface area contributed by atoms with E-state index < -0.39 is 23.6 Å². The number of carbonyl (C=O) groups excluding carboxylic acids is 1. The summed E-state index contributed by atoms with van der Waals surface area (Å²) in [6.07, 6.45) is 3.81. The monoisotopic (exact) mass is 284 g/mol. The third-order valence-corrected chi connectivity index (χ3v) is 4.64. The Morgan fingerprint density at radius 2 is 2.05 bits per heavy atom. The van der Waals surface area contributed by atoms with Crippen molar-refractivity contribution in [1.29, 1.82) is 0 Å². The second-order valence-corrected chi connectivity index (χ2v) is 5.77. The van der Waals surface area contributed by atoms with Crippen molar-refractivity contribution in [1.82, 2.24) is 10.6 Å². The van der Waals surface area contributed by atoms with Crippen LogP contribution in [0, 0.1) is 5.92 Å². The first kappa shape index (κ1) is 13.8. The van der Waals surface area contributed by atoms with Gasteiger partial charge in [0.25, 0.3) is 0 Å². The van der Waals surface area contributed by atoms with Crippen LogP contribution in [0.2, 0.25) is 0 Å². The van der Waals surface area contributed by atoms with E-state index in [-0.39, 0.29) is 25.1 Å². The van der Waals surface area contributed by atoms with E-state index in [0.717, 1.165) is 25.7 Å². The van der Waals surface area contributed by atoms with Gasteiger partial charge in [0.2, 0.25) is 5.60 Å². The highest BCUT2D eigenvalue weighted by Gasteiger charge is 2.57. The second kappa shape index (κ2) is 5.31. The lowest BCUT2D eigenvalue weighted by Crippen LogP contribution is -2.53. The minimum absolute atomic E-state index is 0.139. The molecule has 7 nitrogen and oxygen atoms in total. The van der Waals surface area contributed by atoms with Gasteiger partial charge in [0, 0.05) is 18.5 Å². The zero-order valence-corrected chi connectivity index (χ0v) is 11.3. The lowest BCUT2D eigenvalue weighted by Gasteiger charge is -2.35. The van der Waals surface area contributed by atoms with Gasteiger partial charge in [-0.2, -0.15) is 0 Å². The molecule has 112 valence electrons. The van der Waals surface area contributed by atoms with Crippen LogP contribution < -0.4 is 10.6 Å². The fourth-order valence-electron chi connectivity index (χ4n) is 3.53. The van der Waals surface area contributed by atoms with Gasteiger partial charge < -0.3 is 19.9 Å². The Morgan fingerprint density at radius 1 is 1.25 bits per heavy atom. The fraction of sp³-hybridized carbons (Fsp3) is 0.846. The van der Waals surface area contributed by atoms with Gasteiger partial charge in [-0.05, 0) is 12.8 Å². The van der Waals surface area contributed by atoms with Crippen molar-refractivity contribution in [3.05, 3.63) is 0 Å². The van der Waals surface area contributed by atoms with Gasteiger partial charge in [0.15, 0.2) is 0 Å². The summed E-state index contributed by atoms with van der Waals surface area (Å²) in [5.74, 6) is -1.72. The maximum atomic E-state index is 12.1. The van der Waals surface area contributed by atoms with Gasteiger partial charge in [-0.3, -0.25) is 10.1 Å². The number of fused-ring (bicyclic) bond motifs is 1. The zero-order chi connectivity index (χ0) is 14.2. The topological polar surface area (TPSA) is 96.9 Å². The Bertz CT molecular complexity index is 410. The Labute approximate surface area is 117 Å². The standard InChI is InChI=1S/C13H20N2O5/c16-11(10-5-19-7-15-10)20-13(12(17)18)6-14-9-4-2-1-3-8(9)13/h8-10,14-15H,1-7H2,(H,17,18). The molecule has 4 atom stereocenters. The minimum atomic E-state index is -1.42. The van der Waals surface area contributed by atoms with Crippen LogP contribution in [-0.4, -0.2) is 54.6 Å². The lowest BCUT2D eigenvalue weighted by atomic mass is 9.77. The summed E-state index contributed by atoms with van der Waals surface area (Å²) in [6.45, 7) is 0.719. The Kier molecular flexibility index (Phi) is 3.66. The molecule has 2 heterocycles. The van der Waals surface area contributed by atoms with Gasteiger partial charge in [-0.1, -0.05) is 12.8 Å². The fourth-order valence-corrected chi connectivity index (χ4v) is 3.53. The van der Waals surface area contributed by atoms with Crippen LogP contribution in [0.1, 0.15) is 25.7 Å². The molecule has 0 amide bonds. The van der Waals surface area contributed by atoms with Crippen LogP contribution >= 0.6 is 0 Å². The quantitative estimate of drug-likeness (QED) is 0.599. The van der Waals surface area contributed by atoms with Crippen molar-refractivity contribution in [2.24, 2.45) is 5.92 Å². The lowest BCUT2D eigenvalue weighted by molar-refractivity contribution is -0.184. The summed E-state index contributed by atoms with van der Waals surface area (Å²) >= 11 is 0. The summed E-state index contributed by atoms with van der Waals surface area (Å²) in [5.41, 5.74) is -1.42. The van der Waals surface area contributed by atoms with Crippen LogP contribution in [0.15, 0.2) is 0 Å². The molecular formula is C13H20N2O5. The molecule has 2 aliphatic heterocycles. The molecule has 0 spiro atoms. The van der Waals surface area contributed by atoms with Crippen LogP contribution in [-0.2, 0) is 19.1 Å². The molecule has 0 aromatic rings. The number of carbonyl (C=O) groups is 2. The van der Waals surface area contributed by atoms with E-state index >= 15 is 0 Å². The highest BCUT2D eigenvalue weighted by atomic mass is 16.6. The summed E-state index contributed by atoms with van der Waals surface area (Å²) < 4.78 is 10.5. The van der Waals surface area contributed by atoms with Crippen molar-refractivity contribution in [3.63, 3.8) is 0 Å². The number of hydrogen-bond donors (Lipinski definition) is 3. The van der Waals surface area contributed by atoms with E-state index in [1.54, 1.807) is 0 Å². The average Bonchev–Trinajstić information content (AvgIpc) is 3.07. The SMILES string of the molecule is O=C(OC1(C(=O)O)CNC2CCCCC21)C1COCN1. The molecule has 1 saturated carbocycles. The first-order valence-corrected chi connectivity index (χ1v) is 7.14. The molecule has 7 heteroatoms. The van der Waals surface area contributed by atoms with E-state index in [9.17, 15) is 14.7 Å². The molecule has 4 unspecified atom stereocenters. The Morgan fingerprint density at radius 3 is 2.75 bits per heavy atom.